The van der Waals surface area contributed by atoms with E-state index in [0.29, 0.717) is 12.5 Å². The molecule has 1 aromatic rings. The van der Waals surface area contributed by atoms with Crippen LogP contribution in [0.3, 0.4) is 0 Å². The number of carbonyl (C=O) groups excluding carboxylic acids is 2. The summed E-state index contributed by atoms with van der Waals surface area (Å²) in [5.74, 6) is -1.15. The van der Waals surface area contributed by atoms with E-state index < -0.39 is 11.9 Å². The smallest absolute Gasteiger partial charge is 0.396 e. The minimum Gasteiger partial charge on any atom is -0.462 e. The number of nitrogens with one attached hydrogen (secondary N) is 1. The standard InChI is InChI=1S/C14H19NO3/c1-9(2)11-6-5-10(3)12(7-11)8-15-13(16)14(17)18-4/h5-7,9H,8H2,1-4H3,(H,15,16). The Bertz CT molecular complexity index is 452. The van der Waals surface area contributed by atoms with Crippen molar-refractivity contribution >= 4 is 11.9 Å². The van der Waals surface area contributed by atoms with E-state index in [9.17, 15) is 9.59 Å². The molecule has 1 amide bonds. The first-order valence-electron chi connectivity index (χ1n) is 5.91. The average molecular weight is 249 g/mol. The molecule has 0 saturated carbocycles. The average Bonchev–Trinajstić information content (AvgIpc) is 2.36. The lowest BCUT2D eigenvalue weighted by Crippen LogP contribution is -2.31. The summed E-state index contributed by atoms with van der Waals surface area (Å²) in [5.41, 5.74) is 3.31. The summed E-state index contributed by atoms with van der Waals surface area (Å²) in [6.45, 7) is 6.53. The van der Waals surface area contributed by atoms with E-state index in [-0.39, 0.29) is 0 Å². The Kier molecular flexibility index (Phi) is 4.89. The van der Waals surface area contributed by atoms with E-state index in [2.05, 4.69) is 36.0 Å². The topological polar surface area (TPSA) is 55.4 Å². The van der Waals surface area contributed by atoms with Crippen LogP contribution in [0.5, 0.6) is 0 Å². The zero-order valence-corrected chi connectivity index (χ0v) is 11.2. The van der Waals surface area contributed by atoms with Gasteiger partial charge in [-0.05, 0) is 29.5 Å². The predicted octanol–water partition coefficient (Wildman–Crippen LogP) is 1.91. The zero-order chi connectivity index (χ0) is 13.7. The van der Waals surface area contributed by atoms with Gasteiger partial charge < -0.3 is 10.1 Å². The van der Waals surface area contributed by atoms with Crippen LogP contribution in [-0.4, -0.2) is 19.0 Å². The number of hydrogen-bond donors (Lipinski definition) is 1. The number of amides is 1. The third kappa shape index (κ3) is 3.58. The first-order chi connectivity index (χ1) is 8.45. The van der Waals surface area contributed by atoms with Crippen LogP contribution < -0.4 is 5.32 Å². The maximum Gasteiger partial charge on any atom is 0.396 e. The molecule has 1 N–H and O–H groups in total. The second-order valence-electron chi connectivity index (χ2n) is 4.51. The Morgan fingerprint density at radius 1 is 1.33 bits per heavy atom. The van der Waals surface area contributed by atoms with Crippen LogP contribution in [0.4, 0.5) is 0 Å². The van der Waals surface area contributed by atoms with Gasteiger partial charge in [-0.1, -0.05) is 32.0 Å². The van der Waals surface area contributed by atoms with Gasteiger partial charge in [0.15, 0.2) is 0 Å². The lowest BCUT2D eigenvalue weighted by atomic mass is 9.98. The van der Waals surface area contributed by atoms with Crippen molar-refractivity contribution in [1.29, 1.82) is 0 Å². The summed E-state index contributed by atoms with van der Waals surface area (Å²) in [7, 11) is 1.19. The van der Waals surface area contributed by atoms with Gasteiger partial charge in [0.2, 0.25) is 0 Å². The molecule has 0 spiro atoms. The van der Waals surface area contributed by atoms with Gasteiger partial charge in [0.25, 0.3) is 0 Å². The third-order valence-corrected chi connectivity index (χ3v) is 2.85. The fraction of sp³-hybridized carbons (Fsp3) is 0.429. The highest BCUT2D eigenvalue weighted by Crippen LogP contribution is 2.18. The van der Waals surface area contributed by atoms with Crippen LogP contribution in [-0.2, 0) is 20.9 Å². The van der Waals surface area contributed by atoms with Crippen molar-refractivity contribution in [2.75, 3.05) is 7.11 Å². The Morgan fingerprint density at radius 2 is 2.00 bits per heavy atom. The molecule has 0 aliphatic heterocycles. The first-order valence-corrected chi connectivity index (χ1v) is 5.91. The van der Waals surface area contributed by atoms with Crippen molar-refractivity contribution in [1.82, 2.24) is 5.32 Å². The third-order valence-electron chi connectivity index (χ3n) is 2.85. The van der Waals surface area contributed by atoms with Crippen LogP contribution in [0.2, 0.25) is 0 Å². The Balaban J connectivity index is 2.75. The molecule has 0 atom stereocenters. The van der Waals surface area contributed by atoms with Crippen LogP contribution >= 0.6 is 0 Å². The number of methoxy groups -OCH3 is 1. The van der Waals surface area contributed by atoms with Crippen LogP contribution in [0.1, 0.15) is 36.5 Å². The maximum absolute atomic E-state index is 11.3. The van der Waals surface area contributed by atoms with Crippen molar-refractivity contribution in [3.05, 3.63) is 34.9 Å². The van der Waals surface area contributed by atoms with Crippen LogP contribution in [0, 0.1) is 6.92 Å². The molecule has 0 saturated heterocycles. The summed E-state index contributed by atoms with van der Waals surface area (Å²) in [6, 6.07) is 6.15. The van der Waals surface area contributed by atoms with E-state index >= 15 is 0 Å². The Hall–Kier alpha value is -1.84. The summed E-state index contributed by atoms with van der Waals surface area (Å²) >= 11 is 0. The molecule has 0 unspecified atom stereocenters. The van der Waals surface area contributed by atoms with Crippen molar-refractivity contribution in [3.8, 4) is 0 Å². The Labute approximate surface area is 107 Å². The number of esters is 1. The number of benzene rings is 1. The lowest BCUT2D eigenvalue weighted by Gasteiger charge is -2.11. The van der Waals surface area contributed by atoms with E-state index in [1.165, 1.54) is 12.7 Å². The second-order valence-corrected chi connectivity index (χ2v) is 4.51. The molecule has 0 bridgehead atoms. The van der Waals surface area contributed by atoms with E-state index in [1.807, 2.05) is 13.0 Å². The van der Waals surface area contributed by atoms with Crippen LogP contribution in [0.25, 0.3) is 0 Å². The number of hydrogen-bond acceptors (Lipinski definition) is 3. The highest BCUT2D eigenvalue weighted by atomic mass is 16.5. The number of rotatable bonds is 3. The molecule has 0 radical (unpaired) electrons. The largest absolute Gasteiger partial charge is 0.462 e. The SMILES string of the molecule is COC(=O)C(=O)NCc1cc(C(C)C)ccc1C. The number of ether oxygens (including phenoxy) is 1. The molecule has 0 aliphatic carbocycles. The molecule has 0 aliphatic rings. The van der Waals surface area contributed by atoms with Gasteiger partial charge >= 0.3 is 11.9 Å². The highest BCUT2D eigenvalue weighted by molar-refractivity contribution is 6.32. The van der Waals surface area contributed by atoms with E-state index in [4.69, 9.17) is 0 Å². The number of carbonyl (C=O) groups is 2. The summed E-state index contributed by atoms with van der Waals surface area (Å²) in [5, 5.41) is 2.54. The van der Waals surface area contributed by atoms with Crippen LogP contribution in [0.15, 0.2) is 18.2 Å². The normalized spacial score (nSPS) is 10.3. The number of aryl methyl sites for hydroxylation is 1. The molecular weight excluding hydrogens is 230 g/mol. The summed E-state index contributed by atoms with van der Waals surface area (Å²) < 4.78 is 4.34. The molecule has 1 aromatic carbocycles. The van der Waals surface area contributed by atoms with Crippen molar-refractivity contribution in [2.24, 2.45) is 0 Å². The fourth-order valence-electron chi connectivity index (χ4n) is 1.58. The molecule has 0 heterocycles. The summed E-state index contributed by atoms with van der Waals surface area (Å²) in [6.07, 6.45) is 0. The van der Waals surface area contributed by atoms with Gasteiger partial charge in [-0.3, -0.25) is 4.79 Å². The van der Waals surface area contributed by atoms with Gasteiger partial charge in [0.05, 0.1) is 7.11 Å². The van der Waals surface area contributed by atoms with Crippen molar-refractivity contribution in [3.63, 3.8) is 0 Å². The van der Waals surface area contributed by atoms with E-state index in [1.54, 1.807) is 0 Å². The molecule has 18 heavy (non-hydrogen) atoms. The summed E-state index contributed by atoms with van der Waals surface area (Å²) in [4.78, 5) is 22.3. The van der Waals surface area contributed by atoms with Gasteiger partial charge in [0, 0.05) is 6.54 Å². The molecule has 4 heteroatoms. The Morgan fingerprint density at radius 3 is 2.56 bits per heavy atom. The van der Waals surface area contributed by atoms with Crippen molar-refractivity contribution in [2.45, 2.75) is 33.2 Å². The zero-order valence-electron chi connectivity index (χ0n) is 11.2. The first kappa shape index (κ1) is 14.2. The van der Waals surface area contributed by atoms with Gasteiger partial charge in [-0.2, -0.15) is 0 Å². The maximum atomic E-state index is 11.3. The minimum atomic E-state index is -0.868. The van der Waals surface area contributed by atoms with E-state index in [0.717, 1.165) is 11.1 Å². The molecular formula is C14H19NO3. The highest BCUT2D eigenvalue weighted by Gasteiger charge is 2.13. The molecule has 1 rings (SSSR count). The monoisotopic (exact) mass is 249 g/mol. The fourth-order valence-corrected chi connectivity index (χ4v) is 1.58. The minimum absolute atomic E-state index is 0.334. The van der Waals surface area contributed by atoms with Gasteiger partial charge in [-0.25, -0.2) is 4.79 Å². The van der Waals surface area contributed by atoms with Crippen molar-refractivity contribution < 1.29 is 14.3 Å². The van der Waals surface area contributed by atoms with Gasteiger partial charge in [-0.15, -0.1) is 0 Å². The molecule has 0 fully saturated rings. The second kappa shape index (κ2) is 6.19. The quantitative estimate of drug-likeness (QED) is 0.657. The lowest BCUT2D eigenvalue weighted by molar-refractivity contribution is -0.152. The molecule has 4 nitrogen and oxygen atoms in total. The molecule has 98 valence electrons. The molecule has 0 aromatic heterocycles. The van der Waals surface area contributed by atoms with Gasteiger partial charge in [0.1, 0.15) is 0 Å². The predicted molar refractivity (Wildman–Crippen MR) is 69.1 cm³/mol.